The van der Waals surface area contributed by atoms with Gasteiger partial charge in [0.25, 0.3) is 5.56 Å². The molecule has 3 aromatic rings. The zero-order chi connectivity index (χ0) is 17.2. The third-order valence-electron chi connectivity index (χ3n) is 3.43. The number of benzene rings is 1. The van der Waals surface area contributed by atoms with Gasteiger partial charge in [-0.15, -0.1) is 11.3 Å². The van der Waals surface area contributed by atoms with Gasteiger partial charge >= 0.3 is 0 Å². The SMILES string of the molecule is O=c1c2ccsc2ncn1CCNS(=O)(=O)Cc1ccccc1Cl. The monoisotopic (exact) mass is 383 g/mol. The maximum atomic E-state index is 12.2. The van der Waals surface area contributed by atoms with Gasteiger partial charge in [0.2, 0.25) is 10.0 Å². The molecule has 0 saturated heterocycles. The number of fused-ring (bicyclic) bond motifs is 1. The maximum Gasteiger partial charge on any atom is 0.262 e. The number of nitrogens with zero attached hydrogens (tertiary/aromatic N) is 2. The van der Waals surface area contributed by atoms with Crippen LogP contribution in [0, 0.1) is 0 Å². The second-order valence-corrected chi connectivity index (χ2v) is 8.24. The zero-order valence-corrected chi connectivity index (χ0v) is 14.9. The van der Waals surface area contributed by atoms with E-state index in [2.05, 4.69) is 9.71 Å². The van der Waals surface area contributed by atoms with Crippen molar-refractivity contribution in [3.8, 4) is 0 Å². The third-order valence-corrected chi connectivity index (χ3v) is 5.95. The summed E-state index contributed by atoms with van der Waals surface area (Å²) in [5.74, 6) is -0.205. The molecule has 0 fully saturated rings. The lowest BCUT2D eigenvalue weighted by molar-refractivity contribution is 0.569. The number of nitrogens with one attached hydrogen (secondary N) is 1. The van der Waals surface area contributed by atoms with Gasteiger partial charge in [0, 0.05) is 18.1 Å². The lowest BCUT2D eigenvalue weighted by Crippen LogP contribution is -2.31. The second-order valence-electron chi connectivity index (χ2n) is 5.13. The van der Waals surface area contributed by atoms with E-state index in [1.54, 1.807) is 35.7 Å². The van der Waals surface area contributed by atoms with Crippen molar-refractivity contribution in [2.75, 3.05) is 6.54 Å². The summed E-state index contributed by atoms with van der Waals surface area (Å²) in [6.45, 7) is 0.309. The third kappa shape index (κ3) is 3.84. The Balaban J connectivity index is 1.65. The molecule has 3 rings (SSSR count). The number of thiophene rings is 1. The van der Waals surface area contributed by atoms with Crippen molar-refractivity contribution >= 4 is 43.2 Å². The molecule has 6 nitrogen and oxygen atoms in total. The van der Waals surface area contributed by atoms with E-state index in [1.165, 1.54) is 22.2 Å². The van der Waals surface area contributed by atoms with Crippen molar-refractivity contribution in [2.24, 2.45) is 0 Å². The van der Waals surface area contributed by atoms with Gasteiger partial charge in [-0.25, -0.2) is 18.1 Å². The molecule has 0 saturated carbocycles. The van der Waals surface area contributed by atoms with Crippen LogP contribution in [-0.2, 0) is 22.3 Å². The topological polar surface area (TPSA) is 81.1 Å². The molecule has 0 aliphatic heterocycles. The quantitative estimate of drug-likeness (QED) is 0.707. The molecule has 0 amide bonds. The van der Waals surface area contributed by atoms with Crippen molar-refractivity contribution in [1.29, 1.82) is 0 Å². The Morgan fingerprint density at radius 1 is 1.25 bits per heavy atom. The number of aromatic nitrogens is 2. The van der Waals surface area contributed by atoms with Gasteiger partial charge in [0.05, 0.1) is 17.5 Å². The van der Waals surface area contributed by atoms with E-state index >= 15 is 0 Å². The first-order chi connectivity index (χ1) is 11.5. The number of halogens is 1. The largest absolute Gasteiger partial charge is 0.297 e. The molecule has 9 heteroatoms. The lowest BCUT2D eigenvalue weighted by Gasteiger charge is -2.09. The lowest BCUT2D eigenvalue weighted by atomic mass is 10.2. The molecular formula is C15H14ClN3O3S2. The Hall–Kier alpha value is -1.74. The summed E-state index contributed by atoms with van der Waals surface area (Å²) in [6.07, 6.45) is 1.43. The summed E-state index contributed by atoms with van der Waals surface area (Å²) < 4.78 is 28.1. The average molecular weight is 384 g/mol. The fourth-order valence-corrected chi connectivity index (χ4v) is 4.42. The fourth-order valence-electron chi connectivity index (χ4n) is 2.25. The van der Waals surface area contributed by atoms with Crippen molar-refractivity contribution in [2.45, 2.75) is 12.3 Å². The van der Waals surface area contributed by atoms with Crippen LogP contribution in [-0.4, -0.2) is 24.5 Å². The van der Waals surface area contributed by atoms with Crippen LogP contribution in [0.5, 0.6) is 0 Å². The fraction of sp³-hybridized carbons (Fsp3) is 0.200. The molecule has 1 N–H and O–H groups in total. The highest BCUT2D eigenvalue weighted by molar-refractivity contribution is 7.88. The number of sulfonamides is 1. The van der Waals surface area contributed by atoms with Gasteiger partial charge in [0.1, 0.15) is 4.83 Å². The van der Waals surface area contributed by atoms with E-state index in [1.807, 2.05) is 0 Å². The predicted octanol–water partition coefficient (Wildman–Crippen LogP) is 2.23. The van der Waals surface area contributed by atoms with Crippen LogP contribution in [0.25, 0.3) is 10.2 Å². The van der Waals surface area contributed by atoms with Gasteiger partial charge in [-0.2, -0.15) is 0 Å². The van der Waals surface area contributed by atoms with Crippen LogP contribution in [0.15, 0.2) is 46.8 Å². The summed E-state index contributed by atoms with van der Waals surface area (Å²) in [4.78, 5) is 17.1. The van der Waals surface area contributed by atoms with E-state index < -0.39 is 10.0 Å². The van der Waals surface area contributed by atoms with Crippen LogP contribution in [0.2, 0.25) is 5.02 Å². The molecule has 0 radical (unpaired) electrons. The van der Waals surface area contributed by atoms with Crippen LogP contribution in [0.4, 0.5) is 0 Å². The normalized spacial score (nSPS) is 11.9. The Kier molecular flexibility index (Phi) is 5.00. The predicted molar refractivity (Wildman–Crippen MR) is 96.0 cm³/mol. The van der Waals surface area contributed by atoms with Crippen LogP contribution < -0.4 is 10.3 Å². The minimum Gasteiger partial charge on any atom is -0.297 e. The summed E-state index contributed by atoms with van der Waals surface area (Å²) in [6, 6.07) is 8.51. The molecule has 2 aromatic heterocycles. The smallest absolute Gasteiger partial charge is 0.262 e. The minimum absolute atomic E-state index is 0.101. The maximum absolute atomic E-state index is 12.2. The molecule has 1 aromatic carbocycles. The van der Waals surface area contributed by atoms with Crippen LogP contribution in [0.3, 0.4) is 0 Å². The molecule has 0 spiro atoms. The molecule has 2 heterocycles. The molecule has 24 heavy (non-hydrogen) atoms. The first kappa shape index (κ1) is 17.1. The van der Waals surface area contributed by atoms with Gasteiger partial charge in [0.15, 0.2) is 0 Å². The van der Waals surface area contributed by atoms with E-state index in [0.29, 0.717) is 20.8 Å². The highest BCUT2D eigenvalue weighted by Gasteiger charge is 2.13. The summed E-state index contributed by atoms with van der Waals surface area (Å²) in [5, 5.41) is 2.75. The van der Waals surface area contributed by atoms with Crippen molar-refractivity contribution < 1.29 is 8.42 Å². The first-order valence-corrected chi connectivity index (χ1v) is 10.0. The molecule has 0 unspecified atom stereocenters. The van der Waals surface area contributed by atoms with Gasteiger partial charge < -0.3 is 0 Å². The Morgan fingerprint density at radius 2 is 2.04 bits per heavy atom. The van der Waals surface area contributed by atoms with Gasteiger partial charge in [-0.1, -0.05) is 29.8 Å². The molecule has 0 aliphatic rings. The van der Waals surface area contributed by atoms with E-state index in [-0.39, 0.29) is 24.4 Å². The molecule has 126 valence electrons. The van der Waals surface area contributed by atoms with E-state index in [9.17, 15) is 13.2 Å². The van der Waals surface area contributed by atoms with Crippen molar-refractivity contribution in [3.63, 3.8) is 0 Å². The van der Waals surface area contributed by atoms with Crippen LogP contribution >= 0.6 is 22.9 Å². The van der Waals surface area contributed by atoms with Gasteiger partial charge in [-0.3, -0.25) is 9.36 Å². The molecular weight excluding hydrogens is 370 g/mol. The number of hydrogen-bond acceptors (Lipinski definition) is 5. The summed E-state index contributed by atoms with van der Waals surface area (Å²) in [7, 11) is -3.54. The first-order valence-electron chi connectivity index (χ1n) is 7.10. The zero-order valence-electron chi connectivity index (χ0n) is 12.5. The Labute approximate surface area is 147 Å². The number of rotatable bonds is 6. The molecule has 0 atom stereocenters. The summed E-state index contributed by atoms with van der Waals surface area (Å²) in [5.41, 5.74) is 0.358. The molecule has 0 bridgehead atoms. The van der Waals surface area contributed by atoms with Gasteiger partial charge in [-0.05, 0) is 23.1 Å². The van der Waals surface area contributed by atoms with Crippen LogP contribution in [0.1, 0.15) is 5.56 Å². The van der Waals surface area contributed by atoms with E-state index in [4.69, 9.17) is 11.6 Å². The molecule has 0 aliphatic carbocycles. The standard InChI is InChI=1S/C15H14ClN3O3S2/c16-13-4-2-1-3-11(13)9-24(21,22)18-6-7-19-10-17-14-12(15(19)20)5-8-23-14/h1-5,8,10,18H,6-7,9H2. The van der Waals surface area contributed by atoms with Crippen molar-refractivity contribution in [1.82, 2.24) is 14.3 Å². The minimum atomic E-state index is -3.54. The van der Waals surface area contributed by atoms with E-state index in [0.717, 1.165) is 0 Å². The second kappa shape index (κ2) is 7.02. The average Bonchev–Trinajstić information content (AvgIpc) is 3.01. The Bertz CT molecular complexity index is 1030. The highest BCUT2D eigenvalue weighted by Crippen LogP contribution is 2.17. The number of hydrogen-bond donors (Lipinski definition) is 1. The highest BCUT2D eigenvalue weighted by atomic mass is 35.5. The van der Waals surface area contributed by atoms with Crippen molar-refractivity contribution in [3.05, 3.63) is 63.0 Å². The Morgan fingerprint density at radius 3 is 2.83 bits per heavy atom. The summed E-state index contributed by atoms with van der Waals surface area (Å²) >= 11 is 7.37.